The maximum atomic E-state index is 12.0. The second-order valence-electron chi connectivity index (χ2n) is 6.12. The minimum absolute atomic E-state index is 0.0770. The van der Waals surface area contributed by atoms with E-state index < -0.39 is 12.1 Å². The zero-order valence-electron chi connectivity index (χ0n) is 14.7. The van der Waals surface area contributed by atoms with Crippen LogP contribution in [0.4, 0.5) is 18.0 Å². The molecular formula is C17H22F3N3O4. The summed E-state index contributed by atoms with van der Waals surface area (Å²) in [5.41, 5.74) is 6.54. The molecule has 1 aliphatic heterocycles. The van der Waals surface area contributed by atoms with E-state index >= 15 is 0 Å². The quantitative estimate of drug-likeness (QED) is 0.543. The number of carbonyl (C=O) groups excluding carboxylic acids is 1. The van der Waals surface area contributed by atoms with Gasteiger partial charge in [-0.25, -0.2) is 9.59 Å². The minimum Gasteiger partial charge on any atom is -0.475 e. The van der Waals surface area contributed by atoms with Gasteiger partial charge in [-0.15, -0.1) is 0 Å². The van der Waals surface area contributed by atoms with Crippen molar-refractivity contribution in [2.45, 2.75) is 26.1 Å². The number of carbonyl (C=O) groups is 2. The summed E-state index contributed by atoms with van der Waals surface area (Å²) in [4.78, 5) is 22.6. The second-order valence-corrected chi connectivity index (χ2v) is 6.12. The van der Waals surface area contributed by atoms with Crippen LogP contribution in [0.25, 0.3) is 0 Å². The van der Waals surface area contributed by atoms with Gasteiger partial charge in [-0.2, -0.15) is 13.2 Å². The Morgan fingerprint density at radius 2 is 1.89 bits per heavy atom. The molecule has 0 aliphatic carbocycles. The molecule has 27 heavy (non-hydrogen) atoms. The molecule has 1 fully saturated rings. The Morgan fingerprint density at radius 3 is 2.33 bits per heavy atom. The van der Waals surface area contributed by atoms with Gasteiger partial charge in [0.1, 0.15) is 6.61 Å². The number of hydrogen-bond acceptors (Lipinski definition) is 4. The van der Waals surface area contributed by atoms with Crippen molar-refractivity contribution in [2.75, 3.05) is 13.1 Å². The van der Waals surface area contributed by atoms with Gasteiger partial charge < -0.3 is 20.5 Å². The third-order valence-corrected chi connectivity index (χ3v) is 4.01. The molecule has 1 aromatic rings. The largest absolute Gasteiger partial charge is 0.490 e. The number of ether oxygens (including phenoxy) is 1. The van der Waals surface area contributed by atoms with Crippen molar-refractivity contribution in [3.05, 3.63) is 35.9 Å². The Labute approximate surface area is 154 Å². The Hall–Kier alpha value is -2.78. The van der Waals surface area contributed by atoms with E-state index in [2.05, 4.69) is 0 Å². The third kappa shape index (κ3) is 7.55. The summed E-state index contributed by atoms with van der Waals surface area (Å²) in [6.45, 7) is 3.50. The van der Waals surface area contributed by atoms with Crippen LogP contribution in [-0.2, 0) is 16.1 Å². The molecule has 0 saturated carbocycles. The molecule has 1 saturated heterocycles. The smallest absolute Gasteiger partial charge is 0.475 e. The number of alkyl halides is 3. The summed E-state index contributed by atoms with van der Waals surface area (Å²) in [7, 11) is 0. The van der Waals surface area contributed by atoms with Crippen molar-refractivity contribution in [3.63, 3.8) is 0 Å². The van der Waals surface area contributed by atoms with Crippen molar-refractivity contribution in [1.29, 1.82) is 5.41 Å². The van der Waals surface area contributed by atoms with Gasteiger partial charge in [0.25, 0.3) is 0 Å². The lowest BCUT2D eigenvalue weighted by atomic mass is 9.86. The van der Waals surface area contributed by atoms with Gasteiger partial charge in [0.05, 0.1) is 5.84 Å². The summed E-state index contributed by atoms with van der Waals surface area (Å²) in [5, 5.41) is 14.7. The molecule has 0 aromatic heterocycles. The molecule has 4 N–H and O–H groups in total. The highest BCUT2D eigenvalue weighted by Crippen LogP contribution is 2.23. The number of likely N-dealkylation sites (tertiary alicyclic amines) is 1. The van der Waals surface area contributed by atoms with Gasteiger partial charge in [0, 0.05) is 19.0 Å². The first kappa shape index (κ1) is 22.3. The first-order chi connectivity index (χ1) is 12.5. The number of nitrogens with one attached hydrogen (secondary N) is 1. The lowest BCUT2D eigenvalue weighted by molar-refractivity contribution is -0.192. The van der Waals surface area contributed by atoms with Gasteiger partial charge in [0.15, 0.2) is 0 Å². The molecule has 0 spiro atoms. The van der Waals surface area contributed by atoms with Gasteiger partial charge in [-0.1, -0.05) is 37.3 Å². The number of carboxylic acid groups (broad SMARTS) is 1. The van der Waals surface area contributed by atoms with Crippen LogP contribution in [0.1, 0.15) is 18.9 Å². The molecule has 7 nitrogen and oxygen atoms in total. The Bertz CT molecular complexity index is 653. The maximum absolute atomic E-state index is 12.0. The first-order valence-electron chi connectivity index (χ1n) is 8.12. The highest BCUT2D eigenvalue weighted by atomic mass is 19.4. The fourth-order valence-corrected chi connectivity index (χ4v) is 2.58. The normalized spacial score (nSPS) is 19.5. The van der Waals surface area contributed by atoms with Crippen molar-refractivity contribution < 1.29 is 32.6 Å². The van der Waals surface area contributed by atoms with Gasteiger partial charge in [-0.3, -0.25) is 5.41 Å². The standard InChI is InChI=1S/C15H21N3O2.C2HF3O2/c1-11-9-18(8-7-13(11)14(16)17)15(19)20-10-12-5-3-2-4-6-12;3-2(4,5)1(6)7/h2-6,11,13H,7-10H2,1H3,(H3,16,17);(H,6,7)/t11-,13?;/m1./s1. The van der Waals surface area contributed by atoms with Crippen LogP contribution in [0, 0.1) is 17.2 Å². The number of carboxylic acids is 1. The van der Waals surface area contributed by atoms with E-state index in [4.69, 9.17) is 25.8 Å². The SMILES string of the molecule is C[C@@H]1CN(C(=O)OCc2ccccc2)CCC1C(=N)N.O=C(O)C(F)(F)F. The van der Waals surface area contributed by atoms with E-state index in [1.54, 1.807) is 4.90 Å². The molecular weight excluding hydrogens is 367 g/mol. The number of aliphatic carboxylic acids is 1. The summed E-state index contributed by atoms with van der Waals surface area (Å²) >= 11 is 0. The predicted molar refractivity (Wildman–Crippen MR) is 91.1 cm³/mol. The summed E-state index contributed by atoms with van der Waals surface area (Å²) in [5.74, 6) is -2.26. The fraction of sp³-hybridized carbons (Fsp3) is 0.471. The number of amides is 1. The summed E-state index contributed by atoms with van der Waals surface area (Å²) in [6.07, 6.45) is -4.64. The Morgan fingerprint density at radius 1 is 1.33 bits per heavy atom. The molecule has 2 atom stereocenters. The number of nitrogens with zero attached hydrogens (tertiary/aromatic N) is 1. The number of nitrogens with two attached hydrogens (primary N) is 1. The second kappa shape index (κ2) is 9.79. The Kier molecular flexibility index (Phi) is 8.07. The number of piperidine rings is 1. The first-order valence-corrected chi connectivity index (χ1v) is 8.12. The van der Waals surface area contributed by atoms with E-state index in [1.165, 1.54) is 0 Å². The van der Waals surface area contributed by atoms with E-state index in [-0.39, 0.29) is 23.8 Å². The van der Waals surface area contributed by atoms with Crippen LogP contribution >= 0.6 is 0 Å². The molecule has 1 unspecified atom stereocenters. The average Bonchev–Trinajstić information content (AvgIpc) is 2.59. The van der Waals surface area contributed by atoms with Gasteiger partial charge in [0.2, 0.25) is 0 Å². The molecule has 2 rings (SSSR count). The highest BCUT2D eigenvalue weighted by molar-refractivity contribution is 5.80. The average molecular weight is 389 g/mol. The molecule has 10 heteroatoms. The number of halogens is 3. The van der Waals surface area contributed by atoms with Gasteiger partial charge in [-0.05, 0) is 17.9 Å². The van der Waals surface area contributed by atoms with E-state index in [0.29, 0.717) is 19.7 Å². The van der Waals surface area contributed by atoms with Crippen molar-refractivity contribution in [2.24, 2.45) is 17.6 Å². The van der Waals surface area contributed by atoms with Crippen LogP contribution in [-0.4, -0.2) is 47.2 Å². The van der Waals surface area contributed by atoms with Crippen molar-refractivity contribution in [1.82, 2.24) is 4.90 Å². The van der Waals surface area contributed by atoms with Crippen LogP contribution in [0.2, 0.25) is 0 Å². The van der Waals surface area contributed by atoms with Crippen LogP contribution in [0.3, 0.4) is 0 Å². The number of amidine groups is 1. The summed E-state index contributed by atoms with van der Waals surface area (Å²) in [6, 6.07) is 9.63. The molecule has 0 radical (unpaired) electrons. The number of rotatable bonds is 3. The van der Waals surface area contributed by atoms with E-state index in [9.17, 15) is 18.0 Å². The fourth-order valence-electron chi connectivity index (χ4n) is 2.58. The predicted octanol–water partition coefficient (Wildman–Crippen LogP) is 2.85. The summed E-state index contributed by atoms with van der Waals surface area (Å²) < 4.78 is 37.0. The lowest BCUT2D eigenvalue weighted by Gasteiger charge is -2.35. The van der Waals surface area contributed by atoms with Crippen LogP contribution < -0.4 is 5.73 Å². The van der Waals surface area contributed by atoms with Crippen LogP contribution in [0.15, 0.2) is 30.3 Å². The zero-order chi connectivity index (χ0) is 20.6. The third-order valence-electron chi connectivity index (χ3n) is 4.01. The van der Waals surface area contributed by atoms with Crippen molar-refractivity contribution >= 4 is 17.9 Å². The highest BCUT2D eigenvalue weighted by Gasteiger charge is 2.38. The minimum atomic E-state index is -5.08. The molecule has 1 aliphatic rings. The number of hydrogen-bond donors (Lipinski definition) is 3. The number of benzene rings is 1. The molecule has 1 heterocycles. The zero-order valence-corrected chi connectivity index (χ0v) is 14.7. The maximum Gasteiger partial charge on any atom is 0.490 e. The van der Waals surface area contributed by atoms with Gasteiger partial charge >= 0.3 is 18.2 Å². The molecule has 150 valence electrons. The molecule has 1 aromatic carbocycles. The van der Waals surface area contributed by atoms with E-state index in [0.717, 1.165) is 12.0 Å². The molecule has 1 amide bonds. The molecule has 0 bridgehead atoms. The lowest BCUT2D eigenvalue weighted by Crippen LogP contribution is -2.46. The van der Waals surface area contributed by atoms with Crippen LogP contribution in [0.5, 0.6) is 0 Å². The van der Waals surface area contributed by atoms with E-state index in [1.807, 2.05) is 37.3 Å². The monoisotopic (exact) mass is 389 g/mol. The van der Waals surface area contributed by atoms with Crippen molar-refractivity contribution in [3.8, 4) is 0 Å². The Balaban J connectivity index is 0.000000445. The topological polar surface area (TPSA) is 117 Å².